The molecule has 1 N–H and O–H groups in total. The number of hydrogen-bond donors (Lipinski definition) is 1. The number of amides is 1. The van der Waals surface area contributed by atoms with Gasteiger partial charge in [0.2, 0.25) is 0 Å². The molecule has 7 heteroatoms. The zero-order valence-electron chi connectivity index (χ0n) is 10.2. The largest absolute Gasteiger partial charge is 0.347 e. The van der Waals surface area contributed by atoms with Gasteiger partial charge in [0, 0.05) is 0 Å². The summed E-state index contributed by atoms with van der Waals surface area (Å²) in [7, 11) is -3.17. The number of hydrogen-bond acceptors (Lipinski definition) is 3. The summed E-state index contributed by atoms with van der Waals surface area (Å²) < 4.78 is 22.8. The molecule has 2 atom stereocenters. The molecule has 1 aliphatic heterocycles. The molecule has 0 spiro atoms. The summed E-state index contributed by atoms with van der Waals surface area (Å²) in [6, 6.07) is 4.49. The van der Waals surface area contributed by atoms with Gasteiger partial charge in [0.1, 0.15) is 0 Å². The van der Waals surface area contributed by atoms with E-state index < -0.39 is 27.2 Å². The van der Waals surface area contributed by atoms with Gasteiger partial charge in [-0.2, -0.15) is 0 Å². The molecule has 104 valence electrons. The summed E-state index contributed by atoms with van der Waals surface area (Å²) in [6.07, 6.45) is 0. The normalized spacial score (nSPS) is 25.2. The molecule has 0 aliphatic carbocycles. The van der Waals surface area contributed by atoms with Crippen LogP contribution in [-0.2, 0) is 9.84 Å². The lowest BCUT2D eigenvalue weighted by Gasteiger charge is -2.15. The Balaban J connectivity index is 2.14. The predicted molar refractivity (Wildman–Crippen MR) is 75.7 cm³/mol. The molecule has 2 rings (SSSR count). The summed E-state index contributed by atoms with van der Waals surface area (Å²) in [5, 5.41) is 2.36. The molecule has 0 saturated carbocycles. The Bertz CT molecular complexity index is 615. The molecular weight excluding hydrogens is 309 g/mol. The van der Waals surface area contributed by atoms with E-state index in [2.05, 4.69) is 5.32 Å². The maximum atomic E-state index is 12.0. The predicted octanol–water partition coefficient (Wildman–Crippen LogP) is 1.78. The highest BCUT2D eigenvalue weighted by Gasteiger charge is 2.37. The van der Waals surface area contributed by atoms with Crippen LogP contribution < -0.4 is 5.32 Å². The van der Waals surface area contributed by atoms with Crippen LogP contribution in [0.15, 0.2) is 18.2 Å². The number of halogens is 2. The van der Waals surface area contributed by atoms with Gasteiger partial charge in [0.15, 0.2) is 9.84 Å². The third-order valence-corrected chi connectivity index (χ3v) is 5.66. The summed E-state index contributed by atoms with van der Waals surface area (Å²) in [5.74, 6) is -0.643. The third kappa shape index (κ3) is 3.41. The number of nitrogens with one attached hydrogen (secondary N) is 1. The van der Waals surface area contributed by atoms with Crippen LogP contribution in [-0.4, -0.2) is 37.2 Å². The monoisotopic (exact) mass is 321 g/mol. The zero-order chi connectivity index (χ0) is 14.2. The maximum Gasteiger partial charge on any atom is 0.253 e. The first kappa shape index (κ1) is 14.6. The van der Waals surface area contributed by atoms with Crippen molar-refractivity contribution < 1.29 is 13.2 Å². The number of aryl methyl sites for hydroxylation is 1. The van der Waals surface area contributed by atoms with E-state index in [0.29, 0.717) is 10.6 Å². The second kappa shape index (κ2) is 5.31. The minimum absolute atomic E-state index is 0.110. The highest BCUT2D eigenvalue weighted by molar-refractivity contribution is 7.91. The molecule has 1 saturated heterocycles. The first-order chi connectivity index (χ1) is 8.78. The van der Waals surface area contributed by atoms with Crippen LogP contribution >= 0.6 is 23.2 Å². The fourth-order valence-electron chi connectivity index (χ4n) is 1.99. The van der Waals surface area contributed by atoms with Crippen molar-refractivity contribution in [3.63, 3.8) is 0 Å². The molecule has 1 aromatic rings. The Labute approximate surface area is 122 Å². The van der Waals surface area contributed by atoms with Crippen molar-refractivity contribution in [3.8, 4) is 0 Å². The second-order valence-corrected chi connectivity index (χ2v) is 7.78. The van der Waals surface area contributed by atoms with Crippen molar-refractivity contribution in [2.45, 2.75) is 18.3 Å². The average Bonchev–Trinajstić information content (AvgIpc) is 2.51. The van der Waals surface area contributed by atoms with E-state index in [0.717, 1.165) is 5.56 Å². The second-order valence-electron chi connectivity index (χ2n) is 4.66. The standard InChI is InChI=1S/C12H13Cl2NO3S/c1-7-2-3-8(9(13)4-7)12(16)15-11-6-19(17,18)5-10(11)14/h2-4,10-11H,5-6H2,1H3,(H,15,16). The average molecular weight is 322 g/mol. The molecule has 1 heterocycles. The lowest BCUT2D eigenvalue weighted by Crippen LogP contribution is -2.40. The molecular formula is C12H13Cl2NO3S. The van der Waals surface area contributed by atoms with Crippen molar-refractivity contribution in [1.82, 2.24) is 5.32 Å². The zero-order valence-corrected chi connectivity index (χ0v) is 12.5. The summed E-state index contributed by atoms with van der Waals surface area (Å²) in [5.41, 5.74) is 1.26. The molecule has 0 aromatic heterocycles. The Kier molecular flexibility index (Phi) is 4.08. The molecule has 0 radical (unpaired) electrons. The molecule has 0 bridgehead atoms. The van der Waals surface area contributed by atoms with E-state index in [1.807, 2.05) is 6.92 Å². The fraction of sp³-hybridized carbons (Fsp3) is 0.417. The van der Waals surface area contributed by atoms with Crippen LogP contribution in [0.4, 0.5) is 0 Å². The molecule has 4 nitrogen and oxygen atoms in total. The van der Waals surface area contributed by atoms with Crippen molar-refractivity contribution in [2.24, 2.45) is 0 Å². The molecule has 1 aromatic carbocycles. The van der Waals surface area contributed by atoms with Gasteiger partial charge in [0.25, 0.3) is 5.91 Å². The number of alkyl halides is 1. The van der Waals surface area contributed by atoms with Gasteiger partial charge in [-0.15, -0.1) is 11.6 Å². The van der Waals surface area contributed by atoms with E-state index in [4.69, 9.17) is 23.2 Å². The van der Waals surface area contributed by atoms with Crippen molar-refractivity contribution in [3.05, 3.63) is 34.3 Å². The number of carbonyl (C=O) groups excluding carboxylic acids is 1. The van der Waals surface area contributed by atoms with Crippen LogP contribution in [0, 0.1) is 6.92 Å². The van der Waals surface area contributed by atoms with E-state index in [1.54, 1.807) is 18.2 Å². The van der Waals surface area contributed by atoms with Crippen molar-refractivity contribution in [2.75, 3.05) is 11.5 Å². The maximum absolute atomic E-state index is 12.0. The lowest BCUT2D eigenvalue weighted by molar-refractivity contribution is 0.0941. The van der Waals surface area contributed by atoms with Crippen molar-refractivity contribution >= 4 is 38.9 Å². The third-order valence-electron chi connectivity index (χ3n) is 2.97. The molecule has 1 aliphatic rings. The molecule has 2 unspecified atom stereocenters. The smallest absolute Gasteiger partial charge is 0.253 e. The summed E-state index contributed by atoms with van der Waals surface area (Å²) in [6.45, 7) is 1.87. The van der Waals surface area contributed by atoms with Gasteiger partial charge in [-0.1, -0.05) is 17.7 Å². The SMILES string of the molecule is Cc1ccc(C(=O)NC2CS(=O)(=O)CC2Cl)c(Cl)c1. The van der Waals surface area contributed by atoms with E-state index in [-0.39, 0.29) is 11.5 Å². The van der Waals surface area contributed by atoms with Gasteiger partial charge < -0.3 is 5.32 Å². The van der Waals surface area contributed by atoms with E-state index in [9.17, 15) is 13.2 Å². The van der Waals surface area contributed by atoms with Gasteiger partial charge in [0.05, 0.1) is 33.5 Å². The number of sulfone groups is 1. The van der Waals surface area contributed by atoms with Gasteiger partial charge in [-0.05, 0) is 24.6 Å². The first-order valence-corrected chi connectivity index (χ1v) is 8.33. The van der Waals surface area contributed by atoms with Gasteiger partial charge in [-0.25, -0.2) is 8.42 Å². The highest BCUT2D eigenvalue weighted by atomic mass is 35.5. The Morgan fingerprint density at radius 3 is 2.58 bits per heavy atom. The van der Waals surface area contributed by atoms with Crippen LogP contribution in [0.1, 0.15) is 15.9 Å². The van der Waals surface area contributed by atoms with Crippen molar-refractivity contribution in [1.29, 1.82) is 0 Å². The minimum Gasteiger partial charge on any atom is -0.347 e. The first-order valence-electron chi connectivity index (χ1n) is 5.70. The summed E-state index contributed by atoms with van der Waals surface area (Å²) in [4.78, 5) is 12.0. The van der Waals surface area contributed by atoms with E-state index >= 15 is 0 Å². The van der Waals surface area contributed by atoms with Gasteiger partial charge >= 0.3 is 0 Å². The van der Waals surface area contributed by atoms with Crippen LogP contribution in [0.5, 0.6) is 0 Å². The highest BCUT2D eigenvalue weighted by Crippen LogP contribution is 2.21. The topological polar surface area (TPSA) is 63.2 Å². The molecule has 19 heavy (non-hydrogen) atoms. The Morgan fingerprint density at radius 1 is 1.37 bits per heavy atom. The quantitative estimate of drug-likeness (QED) is 0.844. The number of rotatable bonds is 2. The minimum atomic E-state index is -3.17. The Morgan fingerprint density at radius 2 is 2.05 bits per heavy atom. The number of carbonyl (C=O) groups is 1. The summed E-state index contributed by atoms with van der Waals surface area (Å²) >= 11 is 11.9. The van der Waals surface area contributed by atoms with Crippen LogP contribution in [0.3, 0.4) is 0 Å². The number of benzene rings is 1. The van der Waals surface area contributed by atoms with Gasteiger partial charge in [-0.3, -0.25) is 4.79 Å². The molecule has 1 fully saturated rings. The lowest BCUT2D eigenvalue weighted by atomic mass is 10.1. The Hall–Kier alpha value is -0.780. The van der Waals surface area contributed by atoms with Crippen LogP contribution in [0.25, 0.3) is 0 Å². The van der Waals surface area contributed by atoms with Crippen LogP contribution in [0.2, 0.25) is 5.02 Å². The van der Waals surface area contributed by atoms with E-state index in [1.165, 1.54) is 0 Å². The molecule has 1 amide bonds. The fourth-order valence-corrected chi connectivity index (χ4v) is 4.86.